The molecule has 14 nitrogen and oxygen atoms in total. The number of anilines is 2. The van der Waals surface area contributed by atoms with Crippen LogP contribution < -0.4 is 19.2 Å². The number of rotatable bonds is 16. The highest BCUT2D eigenvalue weighted by atomic mass is 32.3. The minimum absolute atomic E-state index is 0.0490. The van der Waals surface area contributed by atoms with E-state index in [1.807, 2.05) is 72.2 Å². The normalized spacial score (nSPS) is 12.0. The number of likely N-dealkylation sites (N-methyl/N-ethyl adjacent to an activating group) is 2. The summed E-state index contributed by atoms with van der Waals surface area (Å²) in [5, 5.41) is 26.4. The van der Waals surface area contributed by atoms with Gasteiger partial charge in [0.2, 0.25) is 0 Å². The molecule has 0 N–H and O–H groups in total. The minimum atomic E-state index is -4.15. The second kappa shape index (κ2) is 15.6. The van der Waals surface area contributed by atoms with Crippen LogP contribution in [0.25, 0.3) is 0 Å². The Balaban J connectivity index is 1.21. The van der Waals surface area contributed by atoms with Crippen LogP contribution in [-0.4, -0.2) is 58.0 Å². The Bertz CT molecular complexity index is 1490. The van der Waals surface area contributed by atoms with Gasteiger partial charge in [-0.15, -0.1) is 9.36 Å². The molecule has 0 spiro atoms. The summed E-state index contributed by atoms with van der Waals surface area (Å²) in [5.41, 5.74) is 6.62. The molecular weight excluding hydrogens is 613 g/mol. The first-order valence-corrected chi connectivity index (χ1v) is 16.5. The first-order valence-electron chi connectivity index (χ1n) is 13.4. The SMILES string of the molecule is CCN(CCOS(=O)(=O)OCCN(CC)c1ccc(/N=N/c2scn[n+]2C)cc1)c1ccc(/N=N/c2scn[n+]2C)cc1. The molecule has 228 valence electrons. The van der Waals surface area contributed by atoms with Crippen molar-refractivity contribution in [2.75, 3.05) is 49.2 Å². The topological polar surface area (TPSA) is 142 Å². The maximum Gasteiger partial charge on any atom is 0.429 e. The van der Waals surface area contributed by atoms with Crippen molar-refractivity contribution in [1.82, 2.24) is 10.2 Å². The van der Waals surface area contributed by atoms with Crippen molar-refractivity contribution < 1.29 is 26.1 Å². The highest BCUT2D eigenvalue weighted by Crippen LogP contribution is 2.24. The van der Waals surface area contributed by atoms with Crippen LogP contribution in [0.2, 0.25) is 0 Å². The lowest BCUT2D eigenvalue weighted by molar-refractivity contribution is -0.713. The Hall–Kier alpha value is -3.77. The first kappa shape index (κ1) is 32.2. The standard InChI is InChI=1S/C26H34N10O4S3/c1-5-35(23-11-7-21(8-12-23)29-31-25-33(3)27-19-41-25)15-17-39-43(37,38)40-18-16-36(6-2)24-13-9-22(10-14-24)30-32-26-34(4)28-20-42-26/h7-14,19-20H,5-6,15-18H2,1-4H3/q+2. The van der Waals surface area contributed by atoms with E-state index >= 15 is 0 Å². The molecule has 0 aliphatic carbocycles. The largest absolute Gasteiger partial charge is 0.429 e. The van der Waals surface area contributed by atoms with Crippen molar-refractivity contribution in [1.29, 1.82) is 0 Å². The number of aromatic nitrogens is 4. The molecule has 2 aromatic heterocycles. The Morgan fingerprint density at radius 3 is 1.42 bits per heavy atom. The predicted octanol–water partition coefficient (Wildman–Crippen LogP) is 4.71. The predicted molar refractivity (Wildman–Crippen MR) is 164 cm³/mol. The Morgan fingerprint density at radius 1 is 0.698 bits per heavy atom. The maximum atomic E-state index is 12.4. The summed E-state index contributed by atoms with van der Waals surface area (Å²) in [7, 11) is -0.538. The molecule has 0 fully saturated rings. The summed E-state index contributed by atoms with van der Waals surface area (Å²) in [5.74, 6) is 0. The van der Waals surface area contributed by atoms with E-state index in [1.54, 1.807) is 34.5 Å². The van der Waals surface area contributed by atoms with Gasteiger partial charge in [-0.3, -0.25) is 0 Å². The highest BCUT2D eigenvalue weighted by molar-refractivity contribution is 7.81. The Morgan fingerprint density at radius 2 is 1.09 bits per heavy atom. The fraction of sp³-hybridized carbons (Fsp3) is 0.385. The third-order valence-electron chi connectivity index (χ3n) is 6.18. The van der Waals surface area contributed by atoms with Gasteiger partial charge in [0.25, 0.3) is 0 Å². The molecule has 0 radical (unpaired) electrons. The molecule has 0 aliphatic rings. The van der Waals surface area contributed by atoms with E-state index in [9.17, 15) is 8.42 Å². The second-order valence-corrected chi connectivity index (χ2v) is 11.8. The van der Waals surface area contributed by atoms with Gasteiger partial charge in [0.1, 0.15) is 36.5 Å². The molecule has 2 aromatic carbocycles. The summed E-state index contributed by atoms with van der Waals surface area (Å²) in [6.45, 7) is 5.93. The highest BCUT2D eigenvalue weighted by Gasteiger charge is 2.16. The summed E-state index contributed by atoms with van der Waals surface area (Å²) < 4.78 is 38.3. The molecule has 43 heavy (non-hydrogen) atoms. The van der Waals surface area contributed by atoms with E-state index in [2.05, 4.69) is 30.7 Å². The van der Waals surface area contributed by atoms with Gasteiger partial charge in [0, 0.05) is 37.6 Å². The molecule has 0 saturated heterocycles. The molecule has 0 atom stereocenters. The van der Waals surface area contributed by atoms with Gasteiger partial charge >= 0.3 is 20.7 Å². The van der Waals surface area contributed by atoms with Crippen molar-refractivity contribution in [3.63, 3.8) is 0 Å². The molecule has 4 rings (SSSR count). The molecule has 17 heteroatoms. The third kappa shape index (κ3) is 9.62. The lowest BCUT2D eigenvalue weighted by atomic mass is 10.2. The smallest absolute Gasteiger partial charge is 0.369 e. The van der Waals surface area contributed by atoms with Crippen molar-refractivity contribution >= 4 is 66.1 Å². The number of nitrogens with zero attached hydrogens (tertiary/aromatic N) is 10. The minimum Gasteiger partial charge on any atom is -0.369 e. The number of hydrogen-bond donors (Lipinski definition) is 0. The van der Waals surface area contributed by atoms with Gasteiger partial charge in [-0.2, -0.15) is 8.42 Å². The zero-order chi connectivity index (χ0) is 30.7. The van der Waals surface area contributed by atoms with Gasteiger partial charge in [-0.05, 0) is 95.3 Å². The Kier molecular flexibility index (Phi) is 11.7. The molecular formula is C26H34N10O4S3+2. The Labute approximate surface area is 258 Å². The van der Waals surface area contributed by atoms with E-state index in [-0.39, 0.29) is 13.2 Å². The van der Waals surface area contributed by atoms with Gasteiger partial charge in [-0.1, -0.05) is 10.2 Å². The number of aryl methyl sites for hydroxylation is 2. The third-order valence-corrected chi connectivity index (χ3v) is 8.61. The van der Waals surface area contributed by atoms with E-state index in [1.165, 1.54) is 22.7 Å². The molecule has 4 aromatic rings. The maximum absolute atomic E-state index is 12.4. The van der Waals surface area contributed by atoms with Crippen molar-refractivity contribution in [2.24, 2.45) is 34.6 Å². The lowest BCUT2D eigenvalue weighted by Gasteiger charge is -2.23. The second-order valence-electron chi connectivity index (χ2n) is 8.93. The van der Waals surface area contributed by atoms with E-state index < -0.39 is 10.4 Å². The molecule has 2 heterocycles. The van der Waals surface area contributed by atoms with Crippen LogP contribution in [0.5, 0.6) is 0 Å². The molecule has 0 unspecified atom stereocenters. The monoisotopic (exact) mass is 646 g/mol. The molecule has 0 bridgehead atoms. The van der Waals surface area contributed by atoms with Crippen LogP contribution in [0.1, 0.15) is 13.8 Å². The average molecular weight is 647 g/mol. The van der Waals surface area contributed by atoms with Crippen LogP contribution in [0.4, 0.5) is 33.0 Å². The number of benzene rings is 2. The van der Waals surface area contributed by atoms with Crippen LogP contribution >= 0.6 is 22.7 Å². The summed E-state index contributed by atoms with van der Waals surface area (Å²) in [6.07, 6.45) is 0. The van der Waals surface area contributed by atoms with E-state index in [0.29, 0.717) is 47.8 Å². The van der Waals surface area contributed by atoms with Crippen molar-refractivity contribution in [2.45, 2.75) is 13.8 Å². The summed E-state index contributed by atoms with van der Waals surface area (Å²) >= 11 is 2.80. The summed E-state index contributed by atoms with van der Waals surface area (Å²) in [6, 6.07) is 15.0. The molecule has 0 aliphatic heterocycles. The van der Waals surface area contributed by atoms with Gasteiger partial charge in [0.15, 0.2) is 0 Å². The molecule has 0 saturated carbocycles. The fourth-order valence-corrected chi connectivity index (χ4v) is 5.61. The molecule has 0 amide bonds. The average Bonchev–Trinajstić information content (AvgIpc) is 3.62. The zero-order valence-corrected chi connectivity index (χ0v) is 26.8. The van der Waals surface area contributed by atoms with Crippen LogP contribution in [0.15, 0.2) is 80.0 Å². The van der Waals surface area contributed by atoms with Gasteiger partial charge < -0.3 is 9.80 Å². The lowest BCUT2D eigenvalue weighted by Crippen LogP contribution is -2.30. The zero-order valence-electron chi connectivity index (χ0n) is 24.3. The van der Waals surface area contributed by atoms with E-state index in [4.69, 9.17) is 8.37 Å². The number of hydrogen-bond acceptors (Lipinski definition) is 14. The summed E-state index contributed by atoms with van der Waals surface area (Å²) in [4.78, 5) is 4.00. The van der Waals surface area contributed by atoms with E-state index in [0.717, 1.165) is 11.4 Å². The number of azo groups is 2. The quantitative estimate of drug-likeness (QED) is 0.126. The van der Waals surface area contributed by atoms with Crippen LogP contribution in [0, 0.1) is 0 Å². The first-order chi connectivity index (χ1) is 20.8. The van der Waals surface area contributed by atoms with Gasteiger partial charge in [0.05, 0.1) is 23.4 Å². The van der Waals surface area contributed by atoms with Crippen LogP contribution in [-0.2, 0) is 32.9 Å². The van der Waals surface area contributed by atoms with Crippen molar-refractivity contribution in [3.05, 3.63) is 59.6 Å². The van der Waals surface area contributed by atoms with Gasteiger partial charge in [-0.25, -0.2) is 8.37 Å². The fourth-order valence-electron chi connectivity index (χ4n) is 3.84. The van der Waals surface area contributed by atoms with Crippen LogP contribution in [0.3, 0.4) is 0 Å². The van der Waals surface area contributed by atoms with Crippen molar-refractivity contribution in [3.8, 4) is 0 Å².